The van der Waals surface area contributed by atoms with Crippen LogP contribution < -0.4 is 14.8 Å². The maximum atomic E-state index is 12.7. The number of H-pyrrole nitrogens is 1. The van der Waals surface area contributed by atoms with E-state index in [2.05, 4.69) is 15.3 Å². The van der Waals surface area contributed by atoms with E-state index in [9.17, 15) is 4.79 Å². The second kappa shape index (κ2) is 10.3. The van der Waals surface area contributed by atoms with Gasteiger partial charge in [-0.2, -0.15) is 0 Å². The Morgan fingerprint density at radius 1 is 1.26 bits per heavy atom. The monoisotopic (exact) mass is 431 g/mol. The third kappa shape index (κ3) is 5.54. The Morgan fingerprint density at radius 2 is 2.16 bits per heavy atom. The first-order chi connectivity index (χ1) is 15.2. The average Bonchev–Trinajstić information content (AvgIpc) is 3.48. The molecule has 2 aliphatic heterocycles. The minimum atomic E-state index is -0.623. The van der Waals surface area contributed by atoms with Crippen LogP contribution in [-0.2, 0) is 25.5 Å². The number of aromatic amines is 1. The van der Waals surface area contributed by atoms with Crippen molar-refractivity contribution >= 4 is 5.91 Å². The van der Waals surface area contributed by atoms with Gasteiger partial charge in [0.05, 0.1) is 33.0 Å². The van der Waals surface area contributed by atoms with Gasteiger partial charge in [0.1, 0.15) is 5.82 Å². The van der Waals surface area contributed by atoms with Gasteiger partial charge in [-0.3, -0.25) is 4.79 Å². The van der Waals surface area contributed by atoms with Gasteiger partial charge in [-0.1, -0.05) is 6.07 Å². The fourth-order valence-corrected chi connectivity index (χ4v) is 3.35. The van der Waals surface area contributed by atoms with Crippen LogP contribution in [-0.4, -0.2) is 60.5 Å². The summed E-state index contributed by atoms with van der Waals surface area (Å²) < 4.78 is 27.7. The molecule has 10 heteroatoms. The molecule has 1 amide bonds. The highest BCUT2D eigenvalue weighted by Gasteiger charge is 2.29. The van der Waals surface area contributed by atoms with Crippen molar-refractivity contribution in [3.8, 4) is 11.5 Å². The zero-order valence-electron chi connectivity index (χ0n) is 16.9. The summed E-state index contributed by atoms with van der Waals surface area (Å²) in [6, 6.07) is 5.71. The molecular formula is C21H25N3O7. The second-order valence-electron chi connectivity index (χ2n) is 6.96. The summed E-state index contributed by atoms with van der Waals surface area (Å²) in [7, 11) is 0. The maximum absolute atomic E-state index is 12.7. The number of aromatic nitrogens is 2. The van der Waals surface area contributed by atoms with E-state index in [0.717, 1.165) is 5.56 Å². The van der Waals surface area contributed by atoms with Gasteiger partial charge in [-0.25, -0.2) is 4.98 Å². The number of ether oxygens (including phenoxy) is 5. The van der Waals surface area contributed by atoms with Crippen LogP contribution in [0.4, 0.5) is 0 Å². The molecule has 166 valence electrons. The summed E-state index contributed by atoms with van der Waals surface area (Å²) in [5.74, 6) is 1.73. The highest BCUT2D eigenvalue weighted by atomic mass is 16.7. The minimum absolute atomic E-state index is 0.0468. The quantitative estimate of drug-likeness (QED) is 0.480. The number of aliphatic hydroxyl groups is 1. The lowest BCUT2D eigenvalue weighted by Gasteiger charge is -2.29. The van der Waals surface area contributed by atoms with Crippen molar-refractivity contribution in [1.29, 1.82) is 0 Å². The smallest absolute Gasteiger partial charge is 0.286 e. The van der Waals surface area contributed by atoms with Gasteiger partial charge >= 0.3 is 0 Å². The van der Waals surface area contributed by atoms with Crippen LogP contribution in [0.25, 0.3) is 0 Å². The lowest BCUT2D eigenvalue weighted by atomic mass is 9.92. The van der Waals surface area contributed by atoms with E-state index in [-0.39, 0.29) is 50.7 Å². The number of benzene rings is 1. The Morgan fingerprint density at radius 3 is 3.00 bits per heavy atom. The Bertz CT molecular complexity index is 900. The van der Waals surface area contributed by atoms with Crippen molar-refractivity contribution in [3.63, 3.8) is 0 Å². The molecule has 10 nitrogen and oxygen atoms in total. The van der Waals surface area contributed by atoms with Crippen molar-refractivity contribution in [2.24, 2.45) is 0 Å². The van der Waals surface area contributed by atoms with E-state index in [1.165, 1.54) is 0 Å². The lowest BCUT2D eigenvalue weighted by molar-refractivity contribution is -0.151. The molecule has 0 spiro atoms. The zero-order chi connectivity index (χ0) is 21.5. The van der Waals surface area contributed by atoms with E-state index in [4.69, 9.17) is 28.8 Å². The summed E-state index contributed by atoms with van der Waals surface area (Å²) in [6.45, 7) is 1.24. The molecule has 3 heterocycles. The molecule has 1 aromatic carbocycles. The molecule has 0 saturated carbocycles. The van der Waals surface area contributed by atoms with E-state index in [0.29, 0.717) is 30.4 Å². The number of carbonyl (C=O) groups excluding carboxylic acids is 1. The summed E-state index contributed by atoms with van der Waals surface area (Å²) >= 11 is 0. The molecule has 0 saturated heterocycles. The van der Waals surface area contributed by atoms with Crippen LogP contribution in [0, 0.1) is 0 Å². The number of fused-ring (bicyclic) bond motifs is 1. The number of carbonyl (C=O) groups is 1. The minimum Gasteiger partial charge on any atom is -0.459 e. The molecule has 31 heavy (non-hydrogen) atoms. The normalized spacial score (nSPS) is 19.6. The van der Waals surface area contributed by atoms with E-state index in [1.54, 1.807) is 18.5 Å². The number of amides is 1. The maximum Gasteiger partial charge on any atom is 0.286 e. The second-order valence-corrected chi connectivity index (χ2v) is 6.96. The molecule has 2 aliphatic rings. The molecule has 0 unspecified atom stereocenters. The highest BCUT2D eigenvalue weighted by Crippen LogP contribution is 2.38. The van der Waals surface area contributed by atoms with Crippen LogP contribution >= 0.6 is 0 Å². The van der Waals surface area contributed by atoms with Gasteiger partial charge < -0.3 is 39.1 Å². The topological polar surface area (TPSA) is 124 Å². The van der Waals surface area contributed by atoms with E-state index >= 15 is 0 Å². The molecule has 3 N–H and O–H groups in total. The standard InChI is InChI=1S/C21H25N3O7/c25-5-6-27-7-8-28-20-11-15(14-1-2-16-17(9-14)30-13-29-16)10-18(31-20)21(26)24-12-19-22-3-4-23-19/h1-4,9-10,15,20,25H,5-8,11-13H2,(H,22,23)(H,24,26)/t15-,20+/m0/s1. The highest BCUT2D eigenvalue weighted by molar-refractivity contribution is 5.91. The number of hydrogen-bond acceptors (Lipinski definition) is 8. The van der Waals surface area contributed by atoms with Gasteiger partial charge in [0, 0.05) is 24.7 Å². The number of nitrogens with one attached hydrogen (secondary N) is 2. The molecule has 2 atom stereocenters. The zero-order valence-corrected chi connectivity index (χ0v) is 16.9. The third-order valence-corrected chi connectivity index (χ3v) is 4.84. The molecule has 2 aromatic rings. The molecular weight excluding hydrogens is 406 g/mol. The van der Waals surface area contributed by atoms with Crippen molar-refractivity contribution in [3.05, 3.63) is 53.8 Å². The van der Waals surface area contributed by atoms with Crippen LogP contribution in [0.1, 0.15) is 23.7 Å². The van der Waals surface area contributed by atoms with Gasteiger partial charge in [-0.15, -0.1) is 0 Å². The van der Waals surface area contributed by atoms with Crippen molar-refractivity contribution in [2.45, 2.75) is 25.2 Å². The number of imidazole rings is 1. The average molecular weight is 431 g/mol. The van der Waals surface area contributed by atoms with E-state index < -0.39 is 6.29 Å². The van der Waals surface area contributed by atoms with Gasteiger partial charge in [0.2, 0.25) is 13.1 Å². The fourth-order valence-electron chi connectivity index (χ4n) is 3.35. The van der Waals surface area contributed by atoms with Crippen molar-refractivity contribution in [2.75, 3.05) is 33.2 Å². The van der Waals surface area contributed by atoms with Crippen LogP contribution in [0.15, 0.2) is 42.4 Å². The Kier molecular flexibility index (Phi) is 7.03. The number of hydrogen-bond donors (Lipinski definition) is 3. The van der Waals surface area contributed by atoms with Gasteiger partial charge in [0.15, 0.2) is 17.3 Å². The summed E-state index contributed by atoms with van der Waals surface area (Å²) in [4.78, 5) is 19.8. The first-order valence-electron chi connectivity index (χ1n) is 10.1. The van der Waals surface area contributed by atoms with Crippen LogP contribution in [0.2, 0.25) is 0 Å². The third-order valence-electron chi connectivity index (χ3n) is 4.84. The van der Waals surface area contributed by atoms with Gasteiger partial charge in [0.25, 0.3) is 5.91 Å². The van der Waals surface area contributed by atoms with Crippen molar-refractivity contribution < 1.29 is 33.6 Å². The first-order valence-corrected chi connectivity index (χ1v) is 10.1. The number of rotatable bonds is 10. The van der Waals surface area contributed by atoms with E-state index in [1.807, 2.05) is 18.2 Å². The summed E-state index contributed by atoms with van der Waals surface area (Å²) in [6.07, 6.45) is 5.00. The molecule has 0 aliphatic carbocycles. The summed E-state index contributed by atoms with van der Waals surface area (Å²) in [5.41, 5.74) is 0.967. The van der Waals surface area contributed by atoms with Gasteiger partial charge in [-0.05, 0) is 23.8 Å². The van der Waals surface area contributed by atoms with Crippen LogP contribution in [0.5, 0.6) is 11.5 Å². The Balaban J connectivity index is 1.45. The molecule has 4 rings (SSSR count). The largest absolute Gasteiger partial charge is 0.459 e. The molecule has 0 bridgehead atoms. The van der Waals surface area contributed by atoms with Crippen LogP contribution in [0.3, 0.4) is 0 Å². The Labute approximate surface area is 179 Å². The number of allylic oxidation sites excluding steroid dienone is 1. The number of aliphatic hydroxyl groups excluding tert-OH is 1. The Hall–Kier alpha value is -3.08. The predicted molar refractivity (Wildman–Crippen MR) is 107 cm³/mol. The predicted octanol–water partition coefficient (Wildman–Crippen LogP) is 1.19. The molecule has 0 fully saturated rings. The lowest BCUT2D eigenvalue weighted by Crippen LogP contribution is -2.33. The molecule has 1 aromatic heterocycles. The SMILES string of the molecule is O=C(NCc1ncc[nH]1)C1=C[C@H](c2ccc3c(c2)OCO3)C[C@H](OCCOCCO)O1. The van der Waals surface area contributed by atoms with Crippen molar-refractivity contribution in [1.82, 2.24) is 15.3 Å². The number of nitrogens with zero attached hydrogens (tertiary/aromatic N) is 1. The first kappa shape index (κ1) is 21.2. The summed E-state index contributed by atoms with van der Waals surface area (Å²) in [5, 5.41) is 11.6. The fraction of sp³-hybridized carbons (Fsp3) is 0.429. The molecule has 0 radical (unpaired) electrons.